The van der Waals surface area contributed by atoms with Crippen molar-refractivity contribution in [2.45, 2.75) is 26.1 Å². The third kappa shape index (κ3) is 2.76. The van der Waals surface area contributed by atoms with Crippen molar-refractivity contribution in [3.63, 3.8) is 0 Å². The Morgan fingerprint density at radius 3 is 2.50 bits per heavy atom. The molecule has 0 unspecified atom stereocenters. The molecule has 2 atom stereocenters. The maximum Gasteiger partial charge on any atom is 0.143 e. The van der Waals surface area contributed by atoms with Crippen molar-refractivity contribution in [3.8, 4) is 0 Å². The lowest BCUT2D eigenvalue weighted by Crippen LogP contribution is -2.46. The Bertz CT molecular complexity index is 376. The van der Waals surface area contributed by atoms with E-state index in [2.05, 4.69) is 55.6 Å². The summed E-state index contributed by atoms with van der Waals surface area (Å²) in [4.78, 5) is 6.71. The molecule has 0 saturated carbocycles. The van der Waals surface area contributed by atoms with Crippen LogP contribution < -0.4 is 4.90 Å². The fraction of sp³-hybridized carbons (Fsp3) is 0.545. The second-order valence-corrected chi connectivity index (χ2v) is 5.89. The number of ether oxygens (including phenoxy) is 1. The zero-order chi connectivity index (χ0) is 11.7. The van der Waals surface area contributed by atoms with Gasteiger partial charge in [0.2, 0.25) is 0 Å². The number of hydrogen-bond acceptors (Lipinski definition) is 3. The summed E-state index contributed by atoms with van der Waals surface area (Å²) in [7, 11) is 0. The van der Waals surface area contributed by atoms with Crippen LogP contribution in [0.4, 0.5) is 5.82 Å². The van der Waals surface area contributed by atoms with Crippen LogP contribution >= 0.6 is 31.9 Å². The van der Waals surface area contributed by atoms with Crippen molar-refractivity contribution in [2.24, 2.45) is 0 Å². The minimum Gasteiger partial charge on any atom is -0.372 e. The zero-order valence-electron chi connectivity index (χ0n) is 9.28. The molecule has 1 aromatic rings. The summed E-state index contributed by atoms with van der Waals surface area (Å²) in [6.07, 6.45) is 2.33. The largest absolute Gasteiger partial charge is 0.372 e. The number of rotatable bonds is 1. The van der Waals surface area contributed by atoms with Crippen LogP contribution in [-0.4, -0.2) is 30.3 Å². The molecule has 1 aliphatic rings. The van der Waals surface area contributed by atoms with Crippen molar-refractivity contribution in [1.82, 2.24) is 4.98 Å². The molecular formula is C11H14Br2N2O. The maximum atomic E-state index is 5.71. The highest BCUT2D eigenvalue weighted by Crippen LogP contribution is 2.28. The zero-order valence-corrected chi connectivity index (χ0v) is 12.5. The molecule has 3 nitrogen and oxygen atoms in total. The topological polar surface area (TPSA) is 25.4 Å². The number of pyridine rings is 1. The predicted octanol–water partition coefficient (Wildman–Crippen LogP) is 3.22. The Morgan fingerprint density at radius 1 is 1.31 bits per heavy atom. The summed E-state index contributed by atoms with van der Waals surface area (Å²) in [6, 6.07) is 2.02. The van der Waals surface area contributed by atoms with Gasteiger partial charge in [0.25, 0.3) is 0 Å². The first-order valence-electron chi connectivity index (χ1n) is 5.27. The van der Waals surface area contributed by atoms with E-state index in [9.17, 15) is 0 Å². The van der Waals surface area contributed by atoms with E-state index in [1.54, 1.807) is 0 Å². The Kier molecular flexibility index (Phi) is 3.87. The lowest BCUT2D eigenvalue weighted by Gasteiger charge is -2.36. The van der Waals surface area contributed by atoms with E-state index in [-0.39, 0.29) is 12.2 Å². The number of anilines is 1. The molecule has 0 amide bonds. The first-order chi connectivity index (χ1) is 7.56. The molecule has 0 N–H and O–H groups in total. The number of hydrogen-bond donors (Lipinski definition) is 0. The second kappa shape index (κ2) is 5.02. The van der Waals surface area contributed by atoms with Crippen LogP contribution in [0.1, 0.15) is 13.8 Å². The molecule has 0 spiro atoms. The molecule has 88 valence electrons. The quantitative estimate of drug-likeness (QED) is 0.778. The Morgan fingerprint density at radius 2 is 1.94 bits per heavy atom. The number of aromatic nitrogens is 1. The molecule has 0 aliphatic carbocycles. The molecule has 5 heteroatoms. The smallest absolute Gasteiger partial charge is 0.143 e. The first kappa shape index (κ1) is 12.3. The maximum absolute atomic E-state index is 5.71. The SMILES string of the molecule is C[C@@H]1CN(c2ncc(Br)cc2Br)C[C@H](C)O1. The predicted molar refractivity (Wildman–Crippen MR) is 71.9 cm³/mol. The summed E-state index contributed by atoms with van der Waals surface area (Å²) in [5.74, 6) is 0.991. The van der Waals surface area contributed by atoms with Crippen LogP contribution in [-0.2, 0) is 4.74 Å². The van der Waals surface area contributed by atoms with Crippen LogP contribution in [0.5, 0.6) is 0 Å². The molecular weight excluding hydrogens is 336 g/mol. The van der Waals surface area contributed by atoms with Crippen LogP contribution in [0, 0.1) is 0 Å². The highest BCUT2D eigenvalue weighted by Gasteiger charge is 2.24. The highest BCUT2D eigenvalue weighted by molar-refractivity contribution is 9.11. The lowest BCUT2D eigenvalue weighted by atomic mass is 10.2. The molecule has 1 fully saturated rings. The Balaban J connectivity index is 2.23. The fourth-order valence-electron chi connectivity index (χ4n) is 1.99. The van der Waals surface area contributed by atoms with E-state index in [1.165, 1.54) is 0 Å². The van der Waals surface area contributed by atoms with Crippen molar-refractivity contribution in [2.75, 3.05) is 18.0 Å². The summed E-state index contributed by atoms with van der Waals surface area (Å²) in [6.45, 7) is 5.96. The average molecular weight is 350 g/mol. The summed E-state index contributed by atoms with van der Waals surface area (Å²) in [5, 5.41) is 0. The van der Waals surface area contributed by atoms with E-state index >= 15 is 0 Å². The average Bonchev–Trinajstić information content (AvgIpc) is 2.15. The fourth-order valence-corrected chi connectivity index (χ4v) is 3.23. The van der Waals surface area contributed by atoms with Gasteiger partial charge in [0.15, 0.2) is 0 Å². The van der Waals surface area contributed by atoms with E-state index in [4.69, 9.17) is 4.74 Å². The normalized spacial score (nSPS) is 25.9. The van der Waals surface area contributed by atoms with Crippen molar-refractivity contribution < 1.29 is 4.74 Å². The van der Waals surface area contributed by atoms with Gasteiger partial charge in [-0.2, -0.15) is 0 Å². The van der Waals surface area contributed by atoms with Gasteiger partial charge in [0.1, 0.15) is 5.82 Å². The lowest BCUT2D eigenvalue weighted by molar-refractivity contribution is -0.00550. The van der Waals surface area contributed by atoms with Crippen LogP contribution in [0.2, 0.25) is 0 Å². The monoisotopic (exact) mass is 348 g/mol. The summed E-state index contributed by atoms with van der Waals surface area (Å²) < 4.78 is 7.71. The molecule has 2 rings (SSSR count). The molecule has 16 heavy (non-hydrogen) atoms. The molecule has 1 aromatic heterocycles. The van der Waals surface area contributed by atoms with Gasteiger partial charge in [-0.1, -0.05) is 0 Å². The minimum atomic E-state index is 0.251. The van der Waals surface area contributed by atoms with Crippen LogP contribution in [0.3, 0.4) is 0 Å². The van der Waals surface area contributed by atoms with Crippen molar-refractivity contribution >= 4 is 37.7 Å². The van der Waals surface area contributed by atoms with E-state index < -0.39 is 0 Å². The van der Waals surface area contributed by atoms with Gasteiger partial charge in [0, 0.05) is 23.8 Å². The van der Waals surface area contributed by atoms with Gasteiger partial charge in [-0.25, -0.2) is 4.98 Å². The Hall–Kier alpha value is -0.130. The summed E-state index contributed by atoms with van der Waals surface area (Å²) in [5.41, 5.74) is 0. The third-order valence-electron chi connectivity index (χ3n) is 2.51. The van der Waals surface area contributed by atoms with Gasteiger partial charge in [0.05, 0.1) is 16.7 Å². The molecule has 0 aromatic carbocycles. The van der Waals surface area contributed by atoms with E-state index in [0.717, 1.165) is 27.9 Å². The van der Waals surface area contributed by atoms with E-state index in [0.29, 0.717) is 0 Å². The molecule has 2 heterocycles. The first-order valence-corrected chi connectivity index (χ1v) is 6.86. The third-order valence-corrected chi connectivity index (χ3v) is 3.52. The standard InChI is InChI=1S/C11H14Br2N2O/c1-7-5-15(6-8(2)16-7)11-10(13)3-9(12)4-14-11/h3-4,7-8H,5-6H2,1-2H3/t7-,8+. The van der Waals surface area contributed by atoms with Gasteiger partial charge >= 0.3 is 0 Å². The molecule has 0 radical (unpaired) electrons. The van der Waals surface area contributed by atoms with Gasteiger partial charge < -0.3 is 9.64 Å². The number of morpholine rings is 1. The molecule has 1 aliphatic heterocycles. The van der Waals surface area contributed by atoms with Crippen molar-refractivity contribution in [3.05, 3.63) is 21.2 Å². The van der Waals surface area contributed by atoms with Crippen LogP contribution in [0.25, 0.3) is 0 Å². The van der Waals surface area contributed by atoms with E-state index in [1.807, 2.05) is 12.3 Å². The molecule has 1 saturated heterocycles. The van der Waals surface area contributed by atoms with Crippen molar-refractivity contribution in [1.29, 1.82) is 0 Å². The molecule has 0 bridgehead atoms. The van der Waals surface area contributed by atoms with Gasteiger partial charge in [-0.3, -0.25) is 0 Å². The van der Waals surface area contributed by atoms with Crippen LogP contribution in [0.15, 0.2) is 21.2 Å². The minimum absolute atomic E-state index is 0.251. The second-order valence-electron chi connectivity index (χ2n) is 4.12. The van der Waals surface area contributed by atoms with Gasteiger partial charge in [-0.15, -0.1) is 0 Å². The summed E-state index contributed by atoms with van der Waals surface area (Å²) >= 11 is 6.96. The van der Waals surface area contributed by atoms with Gasteiger partial charge in [-0.05, 0) is 51.8 Å². The Labute approximate surface area is 112 Å². The number of nitrogens with zero attached hydrogens (tertiary/aromatic N) is 2. The highest BCUT2D eigenvalue weighted by atomic mass is 79.9. The number of halogens is 2.